The fourth-order valence-electron chi connectivity index (χ4n) is 1.89. The Bertz CT molecular complexity index is 670. The van der Waals surface area contributed by atoms with E-state index in [-0.39, 0.29) is 17.3 Å². The smallest absolute Gasteiger partial charge is 0.234 e. The molecule has 6 nitrogen and oxygen atoms in total. The lowest BCUT2D eigenvalue weighted by Crippen LogP contribution is -2.17. The molecule has 1 fully saturated rings. The monoisotopic (exact) mass is 307 g/mol. The lowest BCUT2D eigenvalue weighted by molar-refractivity contribution is -0.113. The highest BCUT2D eigenvalue weighted by molar-refractivity contribution is 7.99. The van der Waals surface area contributed by atoms with Gasteiger partial charge in [0, 0.05) is 5.92 Å². The number of aromatic nitrogens is 3. The number of halogens is 1. The fourth-order valence-corrected chi connectivity index (χ4v) is 2.55. The molecule has 0 bridgehead atoms. The molecule has 2 aromatic rings. The van der Waals surface area contributed by atoms with E-state index in [1.54, 1.807) is 12.1 Å². The van der Waals surface area contributed by atoms with Crippen LogP contribution in [0.1, 0.15) is 24.6 Å². The Morgan fingerprint density at radius 3 is 2.90 bits per heavy atom. The molecule has 1 aromatic carbocycles. The van der Waals surface area contributed by atoms with Crippen molar-refractivity contribution in [3.05, 3.63) is 35.9 Å². The van der Waals surface area contributed by atoms with E-state index in [4.69, 9.17) is 5.84 Å². The van der Waals surface area contributed by atoms with Crippen molar-refractivity contribution >= 4 is 23.4 Å². The van der Waals surface area contributed by atoms with Crippen molar-refractivity contribution in [3.8, 4) is 0 Å². The highest BCUT2D eigenvalue weighted by atomic mass is 32.2. The van der Waals surface area contributed by atoms with Crippen LogP contribution in [0.5, 0.6) is 0 Å². The highest BCUT2D eigenvalue weighted by Crippen LogP contribution is 2.39. The van der Waals surface area contributed by atoms with Crippen molar-refractivity contribution in [3.63, 3.8) is 0 Å². The van der Waals surface area contributed by atoms with E-state index in [1.807, 2.05) is 0 Å². The van der Waals surface area contributed by atoms with Gasteiger partial charge in [-0.05, 0) is 25.0 Å². The van der Waals surface area contributed by atoms with Gasteiger partial charge in [0.1, 0.15) is 5.82 Å². The topological polar surface area (TPSA) is 85.8 Å². The normalized spacial score (nSPS) is 14.1. The Labute approximate surface area is 124 Å². The molecule has 3 rings (SSSR count). The van der Waals surface area contributed by atoms with Crippen LogP contribution >= 0.6 is 11.8 Å². The molecule has 0 saturated heterocycles. The molecular formula is C13H14FN5OS. The molecule has 1 aromatic heterocycles. The predicted octanol–water partition coefficient (Wildman–Crippen LogP) is 1.74. The SMILES string of the molecule is Nn1c(SCC(=O)Nc2ccccc2F)nnc1C1CC1. The number of nitrogens with one attached hydrogen (secondary N) is 1. The van der Waals surface area contributed by atoms with Gasteiger partial charge in [0.25, 0.3) is 0 Å². The predicted molar refractivity (Wildman–Crippen MR) is 77.9 cm³/mol. The van der Waals surface area contributed by atoms with Crippen LogP contribution in [0.15, 0.2) is 29.4 Å². The van der Waals surface area contributed by atoms with Crippen LogP contribution in [0, 0.1) is 5.82 Å². The number of nitrogen functional groups attached to an aromatic ring is 1. The first kappa shape index (κ1) is 13.9. The molecule has 0 spiro atoms. The maximum Gasteiger partial charge on any atom is 0.234 e. The molecule has 0 atom stereocenters. The number of benzene rings is 1. The Kier molecular flexibility index (Phi) is 3.78. The van der Waals surface area contributed by atoms with E-state index in [0.29, 0.717) is 11.1 Å². The number of nitrogens with zero attached hydrogens (tertiary/aromatic N) is 3. The molecule has 1 aliphatic rings. The number of anilines is 1. The highest BCUT2D eigenvalue weighted by Gasteiger charge is 2.30. The molecule has 0 aliphatic heterocycles. The van der Waals surface area contributed by atoms with Crippen molar-refractivity contribution in [2.45, 2.75) is 23.9 Å². The van der Waals surface area contributed by atoms with Gasteiger partial charge in [-0.1, -0.05) is 23.9 Å². The summed E-state index contributed by atoms with van der Waals surface area (Å²) in [5.74, 6) is 6.34. The Morgan fingerprint density at radius 2 is 2.19 bits per heavy atom. The standard InChI is InChI=1S/C13H14FN5OS/c14-9-3-1-2-4-10(9)16-11(20)7-21-13-18-17-12(19(13)15)8-5-6-8/h1-4,8H,5-7,15H2,(H,16,20). The molecule has 110 valence electrons. The summed E-state index contributed by atoms with van der Waals surface area (Å²) >= 11 is 1.18. The zero-order valence-electron chi connectivity index (χ0n) is 11.1. The third kappa shape index (κ3) is 3.15. The molecule has 0 radical (unpaired) electrons. The summed E-state index contributed by atoms with van der Waals surface area (Å²) in [4.78, 5) is 11.8. The molecule has 21 heavy (non-hydrogen) atoms. The third-order valence-corrected chi connectivity index (χ3v) is 4.06. The first-order valence-corrected chi connectivity index (χ1v) is 7.51. The molecule has 1 amide bonds. The number of para-hydroxylation sites is 1. The number of nitrogens with two attached hydrogens (primary N) is 1. The number of hydrogen-bond acceptors (Lipinski definition) is 5. The van der Waals surface area contributed by atoms with Gasteiger partial charge in [0.2, 0.25) is 11.1 Å². The van der Waals surface area contributed by atoms with Crippen LogP contribution in [0.4, 0.5) is 10.1 Å². The lowest BCUT2D eigenvalue weighted by atomic mass is 10.3. The fraction of sp³-hybridized carbons (Fsp3) is 0.308. The summed E-state index contributed by atoms with van der Waals surface area (Å²) in [5.41, 5.74) is 0.163. The summed E-state index contributed by atoms with van der Waals surface area (Å²) in [5, 5.41) is 11.0. The van der Waals surface area contributed by atoms with Gasteiger partial charge in [-0.15, -0.1) is 10.2 Å². The second-order valence-corrected chi connectivity index (χ2v) is 5.74. The van der Waals surface area contributed by atoms with Gasteiger partial charge in [-0.25, -0.2) is 9.07 Å². The minimum Gasteiger partial charge on any atom is -0.336 e. The number of amides is 1. The number of hydrogen-bond donors (Lipinski definition) is 2. The molecule has 1 saturated carbocycles. The van der Waals surface area contributed by atoms with Crippen LogP contribution in [0.25, 0.3) is 0 Å². The molecule has 1 aliphatic carbocycles. The Morgan fingerprint density at radius 1 is 1.43 bits per heavy atom. The summed E-state index contributed by atoms with van der Waals surface area (Å²) in [6.07, 6.45) is 2.15. The van der Waals surface area contributed by atoms with Crippen molar-refractivity contribution in [2.24, 2.45) is 0 Å². The average molecular weight is 307 g/mol. The maximum atomic E-state index is 13.4. The first-order chi connectivity index (χ1) is 10.1. The van der Waals surface area contributed by atoms with Crippen LogP contribution in [-0.4, -0.2) is 26.5 Å². The van der Waals surface area contributed by atoms with Crippen molar-refractivity contribution in [2.75, 3.05) is 16.9 Å². The second-order valence-electron chi connectivity index (χ2n) is 4.80. The molecule has 0 unspecified atom stereocenters. The lowest BCUT2D eigenvalue weighted by Gasteiger charge is -2.06. The van der Waals surface area contributed by atoms with Gasteiger partial charge < -0.3 is 11.2 Å². The molecule has 3 N–H and O–H groups in total. The van der Waals surface area contributed by atoms with E-state index >= 15 is 0 Å². The largest absolute Gasteiger partial charge is 0.336 e. The van der Waals surface area contributed by atoms with E-state index in [2.05, 4.69) is 15.5 Å². The van der Waals surface area contributed by atoms with Gasteiger partial charge in [0.05, 0.1) is 11.4 Å². The summed E-state index contributed by atoms with van der Waals surface area (Å²) in [6, 6.07) is 6.02. The first-order valence-electron chi connectivity index (χ1n) is 6.52. The van der Waals surface area contributed by atoms with Gasteiger partial charge in [-0.3, -0.25) is 4.79 Å². The maximum absolute atomic E-state index is 13.4. The number of carbonyl (C=O) groups is 1. The zero-order valence-corrected chi connectivity index (χ0v) is 11.9. The second kappa shape index (κ2) is 5.72. The zero-order chi connectivity index (χ0) is 14.8. The van der Waals surface area contributed by atoms with E-state index < -0.39 is 5.82 Å². The number of rotatable bonds is 5. The quantitative estimate of drug-likeness (QED) is 0.649. The van der Waals surface area contributed by atoms with Crippen molar-refractivity contribution < 1.29 is 9.18 Å². The van der Waals surface area contributed by atoms with E-state index in [1.165, 1.54) is 28.6 Å². The van der Waals surface area contributed by atoms with Crippen LogP contribution in [-0.2, 0) is 4.79 Å². The third-order valence-electron chi connectivity index (χ3n) is 3.11. The summed E-state index contributed by atoms with van der Waals surface area (Å²) in [7, 11) is 0. The Hall–Kier alpha value is -2.09. The molecule has 8 heteroatoms. The Balaban J connectivity index is 1.57. The molecule has 1 heterocycles. The summed E-state index contributed by atoms with van der Waals surface area (Å²) in [6.45, 7) is 0. The minimum atomic E-state index is -0.464. The van der Waals surface area contributed by atoms with Crippen molar-refractivity contribution in [1.29, 1.82) is 0 Å². The van der Waals surface area contributed by atoms with E-state index in [0.717, 1.165) is 18.7 Å². The molecular weight excluding hydrogens is 293 g/mol. The number of carbonyl (C=O) groups excluding carboxylic acids is 1. The van der Waals surface area contributed by atoms with Gasteiger partial charge in [0.15, 0.2) is 5.82 Å². The average Bonchev–Trinajstić information content (AvgIpc) is 3.24. The number of thioether (sulfide) groups is 1. The van der Waals surface area contributed by atoms with Crippen LogP contribution in [0.3, 0.4) is 0 Å². The van der Waals surface area contributed by atoms with Gasteiger partial charge in [-0.2, -0.15) is 0 Å². The van der Waals surface area contributed by atoms with Crippen LogP contribution in [0.2, 0.25) is 0 Å². The van der Waals surface area contributed by atoms with Gasteiger partial charge >= 0.3 is 0 Å². The summed E-state index contributed by atoms with van der Waals surface area (Å²) < 4.78 is 14.8. The minimum absolute atomic E-state index is 0.0916. The van der Waals surface area contributed by atoms with Crippen molar-refractivity contribution in [1.82, 2.24) is 14.9 Å². The van der Waals surface area contributed by atoms with Crippen LogP contribution < -0.4 is 11.2 Å². The van der Waals surface area contributed by atoms with E-state index in [9.17, 15) is 9.18 Å².